The molecule has 4 heterocycles. The Morgan fingerprint density at radius 3 is 2.65 bits per heavy atom. The van der Waals surface area contributed by atoms with Crippen molar-refractivity contribution >= 4 is 23.2 Å². The van der Waals surface area contributed by atoms with E-state index in [0.29, 0.717) is 19.4 Å². The number of rotatable bonds is 5. The van der Waals surface area contributed by atoms with E-state index in [1.165, 1.54) is 20.9 Å². The molecule has 5 nitrogen and oxygen atoms in total. The minimum atomic E-state index is -0.240. The Bertz CT molecular complexity index is 947. The molecular formula is C25H30N2O3S. The summed E-state index contributed by atoms with van der Waals surface area (Å²) >= 11 is 1.89. The number of fused-ring (bicyclic) bond motifs is 2. The molecular weight excluding hydrogens is 408 g/mol. The van der Waals surface area contributed by atoms with E-state index in [1.54, 1.807) is 0 Å². The van der Waals surface area contributed by atoms with Crippen LogP contribution < -0.4 is 0 Å². The average molecular weight is 439 g/mol. The van der Waals surface area contributed by atoms with Crippen LogP contribution in [0.2, 0.25) is 0 Å². The molecule has 0 atom stereocenters. The van der Waals surface area contributed by atoms with Crippen LogP contribution in [0.3, 0.4) is 0 Å². The third-order valence-corrected chi connectivity index (χ3v) is 8.22. The van der Waals surface area contributed by atoms with E-state index in [-0.39, 0.29) is 17.4 Å². The van der Waals surface area contributed by atoms with Gasteiger partial charge in [-0.05, 0) is 42.9 Å². The number of benzene rings is 1. The fourth-order valence-corrected chi connectivity index (χ4v) is 6.45. The van der Waals surface area contributed by atoms with Crippen LogP contribution in [0.1, 0.15) is 49.0 Å². The van der Waals surface area contributed by atoms with Gasteiger partial charge in [0, 0.05) is 55.2 Å². The lowest BCUT2D eigenvalue weighted by Gasteiger charge is -2.44. The highest BCUT2D eigenvalue weighted by Gasteiger charge is 2.42. The number of nitrogens with zero attached hydrogens (tertiary/aromatic N) is 2. The first-order valence-electron chi connectivity index (χ1n) is 11.5. The topological polar surface area (TPSA) is 49.9 Å². The maximum Gasteiger partial charge on any atom is 0.222 e. The lowest BCUT2D eigenvalue weighted by Crippen LogP contribution is -2.48. The summed E-state index contributed by atoms with van der Waals surface area (Å²) in [5.74, 6) is 0.455. The molecule has 6 heteroatoms. The maximum absolute atomic E-state index is 12.7. The minimum Gasteiger partial charge on any atom is -0.370 e. The largest absolute Gasteiger partial charge is 0.370 e. The molecule has 2 aromatic rings. The van der Waals surface area contributed by atoms with E-state index < -0.39 is 0 Å². The van der Waals surface area contributed by atoms with Gasteiger partial charge in [0.05, 0.1) is 12.2 Å². The van der Waals surface area contributed by atoms with Gasteiger partial charge in [-0.15, -0.1) is 11.3 Å². The molecule has 31 heavy (non-hydrogen) atoms. The average Bonchev–Trinajstić information content (AvgIpc) is 3.42. The molecule has 0 aliphatic carbocycles. The maximum atomic E-state index is 12.7. The van der Waals surface area contributed by atoms with Crippen molar-refractivity contribution in [2.45, 2.75) is 50.5 Å². The molecule has 0 N–H and O–H groups in total. The van der Waals surface area contributed by atoms with Crippen molar-refractivity contribution in [3.8, 4) is 10.4 Å². The van der Waals surface area contributed by atoms with Crippen molar-refractivity contribution in [3.63, 3.8) is 0 Å². The highest BCUT2D eigenvalue weighted by atomic mass is 32.1. The first-order chi connectivity index (χ1) is 15.1. The number of thiophene rings is 1. The Morgan fingerprint density at radius 2 is 1.90 bits per heavy atom. The van der Waals surface area contributed by atoms with Gasteiger partial charge in [0.2, 0.25) is 11.8 Å². The number of carbonyl (C=O) groups is 2. The van der Waals surface area contributed by atoms with Gasteiger partial charge in [0.1, 0.15) is 0 Å². The van der Waals surface area contributed by atoms with Crippen molar-refractivity contribution in [1.29, 1.82) is 0 Å². The first-order valence-corrected chi connectivity index (χ1v) is 12.3. The second-order valence-electron chi connectivity index (χ2n) is 8.87. The van der Waals surface area contributed by atoms with Gasteiger partial charge < -0.3 is 14.5 Å². The lowest BCUT2D eigenvalue weighted by molar-refractivity contribution is -0.141. The van der Waals surface area contributed by atoms with Gasteiger partial charge >= 0.3 is 0 Å². The molecule has 164 valence electrons. The predicted molar refractivity (Wildman–Crippen MR) is 122 cm³/mol. The molecule has 1 aromatic carbocycles. The highest BCUT2D eigenvalue weighted by molar-refractivity contribution is 7.15. The van der Waals surface area contributed by atoms with Crippen LogP contribution in [0.25, 0.3) is 10.4 Å². The van der Waals surface area contributed by atoms with Crippen LogP contribution in [0, 0.1) is 0 Å². The molecule has 2 saturated heterocycles. The van der Waals surface area contributed by atoms with Crippen LogP contribution in [-0.4, -0.2) is 54.4 Å². The molecule has 0 unspecified atom stereocenters. The van der Waals surface area contributed by atoms with Gasteiger partial charge in [0.15, 0.2) is 0 Å². The van der Waals surface area contributed by atoms with Gasteiger partial charge in [-0.2, -0.15) is 0 Å². The fourth-order valence-electron chi connectivity index (χ4n) is 5.21. The lowest BCUT2D eigenvalue weighted by atomic mass is 9.82. The standard InChI is InChI=1S/C25H30N2O3S/c28-23-8-4-13-26(23)14-5-9-24(29)27-15-11-25(12-16-27)20-18-22(19-6-2-1-3-7-19)31-21(20)10-17-30-25/h1-3,6-7,18H,4-5,8-17H2. The summed E-state index contributed by atoms with van der Waals surface area (Å²) in [4.78, 5) is 31.1. The summed E-state index contributed by atoms with van der Waals surface area (Å²) in [7, 11) is 0. The van der Waals surface area contributed by atoms with Crippen LogP contribution in [-0.2, 0) is 26.3 Å². The van der Waals surface area contributed by atoms with Gasteiger partial charge in [-0.25, -0.2) is 0 Å². The summed E-state index contributed by atoms with van der Waals surface area (Å²) in [5.41, 5.74) is 2.37. The summed E-state index contributed by atoms with van der Waals surface area (Å²) in [6.45, 7) is 3.82. The molecule has 2 amide bonds. The third-order valence-electron chi connectivity index (χ3n) is 6.98. The Labute approximate surface area is 188 Å². The quantitative estimate of drug-likeness (QED) is 0.703. The van der Waals surface area contributed by atoms with Gasteiger partial charge in [0.25, 0.3) is 0 Å². The van der Waals surface area contributed by atoms with Crippen molar-refractivity contribution in [2.75, 3.05) is 32.8 Å². The monoisotopic (exact) mass is 438 g/mol. The third kappa shape index (κ3) is 4.15. The van der Waals surface area contributed by atoms with Crippen LogP contribution in [0.5, 0.6) is 0 Å². The molecule has 0 saturated carbocycles. The van der Waals surface area contributed by atoms with E-state index in [1.807, 2.05) is 21.1 Å². The molecule has 1 spiro atoms. The fraction of sp³-hybridized carbons (Fsp3) is 0.520. The summed E-state index contributed by atoms with van der Waals surface area (Å²) in [5, 5.41) is 0. The van der Waals surface area contributed by atoms with Gasteiger partial charge in [-0.3, -0.25) is 9.59 Å². The van der Waals surface area contributed by atoms with Crippen LogP contribution >= 0.6 is 11.3 Å². The summed E-state index contributed by atoms with van der Waals surface area (Å²) in [6, 6.07) is 12.9. The molecule has 2 fully saturated rings. The number of amides is 2. The Hall–Kier alpha value is -2.18. The number of hydrogen-bond acceptors (Lipinski definition) is 4. The number of piperidine rings is 1. The van der Waals surface area contributed by atoms with E-state index in [0.717, 1.165) is 58.3 Å². The zero-order valence-corrected chi connectivity index (χ0v) is 18.8. The van der Waals surface area contributed by atoms with Crippen molar-refractivity contribution in [3.05, 3.63) is 46.8 Å². The summed E-state index contributed by atoms with van der Waals surface area (Å²) < 4.78 is 6.40. The van der Waals surface area contributed by atoms with E-state index >= 15 is 0 Å². The zero-order chi connectivity index (χ0) is 21.3. The Morgan fingerprint density at radius 1 is 1.10 bits per heavy atom. The Balaban J connectivity index is 1.21. The van der Waals surface area contributed by atoms with Crippen molar-refractivity contribution in [2.24, 2.45) is 0 Å². The second-order valence-corrected chi connectivity index (χ2v) is 10.0. The SMILES string of the molecule is O=C1CCCN1CCCC(=O)N1CCC2(CC1)OCCc1sc(-c3ccccc3)cc12. The minimum absolute atomic E-state index is 0.216. The van der Waals surface area contributed by atoms with E-state index in [2.05, 4.69) is 36.4 Å². The zero-order valence-electron chi connectivity index (χ0n) is 18.0. The smallest absolute Gasteiger partial charge is 0.222 e. The molecule has 5 rings (SSSR count). The van der Waals surface area contributed by atoms with Crippen molar-refractivity contribution < 1.29 is 14.3 Å². The van der Waals surface area contributed by atoms with E-state index in [4.69, 9.17) is 4.74 Å². The predicted octanol–water partition coefficient (Wildman–Crippen LogP) is 4.21. The number of hydrogen-bond donors (Lipinski definition) is 0. The number of likely N-dealkylation sites (tertiary alicyclic amines) is 2. The Kier molecular flexibility index (Phi) is 5.85. The molecule has 0 bridgehead atoms. The second kappa shape index (κ2) is 8.75. The van der Waals surface area contributed by atoms with E-state index in [9.17, 15) is 9.59 Å². The molecule has 1 aromatic heterocycles. The number of ether oxygens (including phenoxy) is 1. The normalized spacial score (nSPS) is 20.3. The highest BCUT2D eigenvalue weighted by Crippen LogP contribution is 2.46. The molecule has 3 aliphatic heterocycles. The van der Waals surface area contributed by atoms with Crippen LogP contribution in [0.15, 0.2) is 36.4 Å². The summed E-state index contributed by atoms with van der Waals surface area (Å²) in [6.07, 6.45) is 5.61. The van der Waals surface area contributed by atoms with Crippen molar-refractivity contribution in [1.82, 2.24) is 9.80 Å². The number of carbonyl (C=O) groups excluding carboxylic acids is 2. The van der Waals surface area contributed by atoms with Crippen LogP contribution in [0.4, 0.5) is 0 Å². The first kappa shape index (κ1) is 20.7. The van der Waals surface area contributed by atoms with Gasteiger partial charge in [-0.1, -0.05) is 30.3 Å². The molecule has 3 aliphatic rings. The molecule has 0 radical (unpaired) electrons.